The van der Waals surface area contributed by atoms with E-state index in [1.54, 1.807) is 6.07 Å². The summed E-state index contributed by atoms with van der Waals surface area (Å²) in [5.41, 5.74) is 6.22. The molecule has 1 aliphatic rings. The Morgan fingerprint density at radius 2 is 1.76 bits per heavy atom. The maximum absolute atomic E-state index is 12.7. The number of hydrogen-bond donors (Lipinski definition) is 1. The van der Waals surface area contributed by atoms with E-state index in [9.17, 15) is 13.2 Å². The monoisotopic (exact) mass is 414 g/mol. The zero-order chi connectivity index (χ0) is 21.2. The number of aryl methyl sites for hydroxylation is 4. The topological polar surface area (TPSA) is 66.5 Å². The highest BCUT2D eigenvalue weighted by Gasteiger charge is 2.23. The molecular weight excluding hydrogens is 384 g/mol. The van der Waals surface area contributed by atoms with Crippen molar-refractivity contribution in [3.63, 3.8) is 0 Å². The molecule has 156 valence electrons. The zero-order valence-electron chi connectivity index (χ0n) is 17.7. The molecule has 0 spiro atoms. The Balaban J connectivity index is 1.75. The van der Waals surface area contributed by atoms with Gasteiger partial charge in [-0.1, -0.05) is 35.9 Å². The lowest BCUT2D eigenvalue weighted by atomic mass is 9.89. The number of fused-ring (bicyclic) bond motifs is 1. The maximum atomic E-state index is 12.7. The van der Waals surface area contributed by atoms with Crippen LogP contribution in [0.25, 0.3) is 0 Å². The number of nitrogens with one attached hydrogen (secondary N) is 1. The largest absolute Gasteiger partial charge is 0.348 e. The van der Waals surface area contributed by atoms with E-state index in [2.05, 4.69) is 23.5 Å². The molecule has 5 nitrogen and oxygen atoms in total. The first-order valence-electron chi connectivity index (χ1n) is 10.1. The summed E-state index contributed by atoms with van der Waals surface area (Å²) in [6, 6.07) is 11.7. The normalized spacial score (nSPS) is 14.8. The Morgan fingerprint density at radius 1 is 1.07 bits per heavy atom. The highest BCUT2D eigenvalue weighted by Crippen LogP contribution is 2.26. The highest BCUT2D eigenvalue weighted by molar-refractivity contribution is 7.92. The molecule has 29 heavy (non-hydrogen) atoms. The Bertz CT molecular complexity index is 1010. The molecule has 0 bridgehead atoms. The maximum Gasteiger partial charge on any atom is 0.241 e. The molecule has 2 aromatic carbocycles. The average Bonchev–Trinajstić information content (AvgIpc) is 2.65. The summed E-state index contributed by atoms with van der Waals surface area (Å²) < 4.78 is 25.9. The molecule has 1 atom stereocenters. The van der Waals surface area contributed by atoms with Crippen molar-refractivity contribution in [2.24, 2.45) is 0 Å². The van der Waals surface area contributed by atoms with Gasteiger partial charge in [0.05, 0.1) is 18.0 Å². The average molecular weight is 415 g/mol. The van der Waals surface area contributed by atoms with Crippen molar-refractivity contribution in [2.45, 2.75) is 52.5 Å². The van der Waals surface area contributed by atoms with Crippen LogP contribution in [0.15, 0.2) is 36.4 Å². The minimum Gasteiger partial charge on any atom is -0.348 e. The van der Waals surface area contributed by atoms with Crippen molar-refractivity contribution in [2.75, 3.05) is 17.1 Å². The number of anilines is 1. The van der Waals surface area contributed by atoms with Gasteiger partial charge in [-0.3, -0.25) is 9.10 Å². The number of benzene rings is 2. The van der Waals surface area contributed by atoms with Gasteiger partial charge in [0, 0.05) is 0 Å². The summed E-state index contributed by atoms with van der Waals surface area (Å²) in [6.07, 6.45) is 5.77. The summed E-state index contributed by atoms with van der Waals surface area (Å²) in [4.78, 5) is 12.7. The predicted molar refractivity (Wildman–Crippen MR) is 118 cm³/mol. The Kier molecular flexibility index (Phi) is 6.32. The molecule has 0 saturated heterocycles. The van der Waals surface area contributed by atoms with Crippen molar-refractivity contribution in [1.29, 1.82) is 0 Å². The first kappa shape index (κ1) is 21.4. The fourth-order valence-electron chi connectivity index (χ4n) is 3.99. The first-order chi connectivity index (χ1) is 13.6. The third kappa shape index (κ3) is 5.18. The molecule has 6 heteroatoms. The van der Waals surface area contributed by atoms with Crippen LogP contribution in [-0.2, 0) is 27.7 Å². The van der Waals surface area contributed by atoms with Crippen molar-refractivity contribution in [3.05, 3.63) is 64.2 Å². The number of rotatable bonds is 6. The van der Waals surface area contributed by atoms with Gasteiger partial charge in [-0.05, 0) is 74.8 Å². The van der Waals surface area contributed by atoms with Gasteiger partial charge in [0.2, 0.25) is 15.9 Å². The number of nitrogens with zero attached hydrogens (tertiary/aromatic N) is 1. The number of carbonyl (C=O) groups excluding carboxylic acids is 1. The number of carbonyl (C=O) groups is 1. The van der Waals surface area contributed by atoms with Crippen molar-refractivity contribution in [1.82, 2.24) is 5.32 Å². The molecule has 0 fully saturated rings. The van der Waals surface area contributed by atoms with Crippen molar-refractivity contribution in [3.8, 4) is 0 Å². The van der Waals surface area contributed by atoms with Crippen LogP contribution in [0.2, 0.25) is 0 Å². The number of amides is 1. The van der Waals surface area contributed by atoms with Crippen LogP contribution in [0.1, 0.15) is 53.6 Å². The fourth-order valence-corrected chi connectivity index (χ4v) is 4.90. The van der Waals surface area contributed by atoms with E-state index < -0.39 is 10.0 Å². The Morgan fingerprint density at radius 3 is 2.41 bits per heavy atom. The molecule has 1 aliphatic carbocycles. The van der Waals surface area contributed by atoms with Gasteiger partial charge in [-0.2, -0.15) is 0 Å². The second kappa shape index (κ2) is 8.57. The smallest absolute Gasteiger partial charge is 0.241 e. The predicted octanol–water partition coefficient (Wildman–Crippen LogP) is 3.83. The molecule has 0 unspecified atom stereocenters. The molecule has 1 N–H and O–H groups in total. The van der Waals surface area contributed by atoms with E-state index in [1.807, 2.05) is 32.9 Å². The van der Waals surface area contributed by atoms with E-state index in [1.165, 1.54) is 28.3 Å². The van der Waals surface area contributed by atoms with E-state index in [0.29, 0.717) is 5.69 Å². The second-order valence-corrected chi connectivity index (χ2v) is 9.99. The molecule has 1 amide bonds. The van der Waals surface area contributed by atoms with Gasteiger partial charge in [0.1, 0.15) is 6.54 Å². The summed E-state index contributed by atoms with van der Waals surface area (Å²) in [5, 5.41) is 2.96. The number of sulfonamides is 1. The lowest BCUT2D eigenvalue weighted by Gasteiger charge is -2.25. The molecule has 3 rings (SSSR count). The van der Waals surface area contributed by atoms with Gasteiger partial charge in [-0.25, -0.2) is 8.42 Å². The molecular formula is C23H30N2O3S. The lowest BCUT2D eigenvalue weighted by molar-refractivity contribution is -0.120. The third-order valence-electron chi connectivity index (χ3n) is 5.56. The molecule has 0 aromatic heterocycles. The van der Waals surface area contributed by atoms with Gasteiger partial charge in [0.25, 0.3) is 0 Å². The SMILES string of the molecule is Cc1ccc(N(CC(=O)N[C@@H](C)c2ccc3c(c2)CCCC3)S(C)(=O)=O)c(C)c1. The van der Waals surface area contributed by atoms with Gasteiger partial charge < -0.3 is 5.32 Å². The highest BCUT2D eigenvalue weighted by atomic mass is 32.2. The van der Waals surface area contributed by atoms with E-state index in [0.717, 1.165) is 35.8 Å². The summed E-state index contributed by atoms with van der Waals surface area (Å²) in [5.74, 6) is -0.319. The molecule has 0 aliphatic heterocycles. The van der Waals surface area contributed by atoms with Crippen LogP contribution in [-0.4, -0.2) is 27.1 Å². The first-order valence-corrected chi connectivity index (χ1v) is 12.0. The van der Waals surface area contributed by atoms with E-state index in [-0.39, 0.29) is 18.5 Å². The van der Waals surface area contributed by atoms with Crippen LogP contribution in [0.3, 0.4) is 0 Å². The standard InChI is InChI=1S/C23H30N2O3S/c1-16-9-12-22(17(2)13-16)25(29(4,27)28)15-23(26)24-18(3)20-11-10-19-7-5-6-8-21(19)14-20/h9-14,18H,5-8,15H2,1-4H3,(H,24,26)/t18-/m0/s1. The van der Waals surface area contributed by atoms with Gasteiger partial charge in [0.15, 0.2) is 0 Å². The summed E-state index contributed by atoms with van der Waals surface area (Å²) >= 11 is 0. The zero-order valence-corrected chi connectivity index (χ0v) is 18.5. The molecule has 0 radical (unpaired) electrons. The minimum absolute atomic E-state index is 0.185. The number of hydrogen-bond acceptors (Lipinski definition) is 3. The summed E-state index contributed by atoms with van der Waals surface area (Å²) in [7, 11) is -3.59. The van der Waals surface area contributed by atoms with Crippen LogP contribution in [0.4, 0.5) is 5.69 Å². The van der Waals surface area contributed by atoms with Crippen LogP contribution in [0, 0.1) is 13.8 Å². The third-order valence-corrected chi connectivity index (χ3v) is 6.69. The van der Waals surface area contributed by atoms with E-state index >= 15 is 0 Å². The minimum atomic E-state index is -3.59. The summed E-state index contributed by atoms with van der Waals surface area (Å²) in [6.45, 7) is 5.51. The molecule has 0 saturated carbocycles. The van der Waals surface area contributed by atoms with Crippen LogP contribution in [0.5, 0.6) is 0 Å². The van der Waals surface area contributed by atoms with Crippen LogP contribution < -0.4 is 9.62 Å². The Labute approximate surface area is 174 Å². The van der Waals surface area contributed by atoms with Crippen molar-refractivity contribution < 1.29 is 13.2 Å². The quantitative estimate of drug-likeness (QED) is 0.781. The van der Waals surface area contributed by atoms with Crippen LogP contribution >= 0.6 is 0 Å². The molecule has 0 heterocycles. The van der Waals surface area contributed by atoms with Crippen molar-refractivity contribution >= 4 is 21.6 Å². The molecule has 2 aromatic rings. The second-order valence-electron chi connectivity index (χ2n) is 8.08. The van der Waals surface area contributed by atoms with Gasteiger partial charge in [-0.15, -0.1) is 0 Å². The fraction of sp³-hybridized carbons (Fsp3) is 0.435. The van der Waals surface area contributed by atoms with E-state index in [4.69, 9.17) is 0 Å². The lowest BCUT2D eigenvalue weighted by Crippen LogP contribution is -2.41. The Hall–Kier alpha value is -2.34. The van der Waals surface area contributed by atoms with Gasteiger partial charge >= 0.3 is 0 Å².